The fourth-order valence-electron chi connectivity index (χ4n) is 2.95. The molecule has 0 aliphatic carbocycles. The quantitative estimate of drug-likeness (QED) is 0.490. The molecular weight excluding hydrogens is 430 g/mol. The van der Waals surface area contributed by atoms with Crippen molar-refractivity contribution in [1.29, 1.82) is 0 Å². The van der Waals surface area contributed by atoms with E-state index in [4.69, 9.17) is 0 Å². The zero-order chi connectivity index (χ0) is 21.4. The van der Waals surface area contributed by atoms with E-state index < -0.39 is 11.6 Å². The summed E-state index contributed by atoms with van der Waals surface area (Å²) < 4.78 is 27.9. The highest BCUT2D eigenvalue weighted by atomic mass is 32.1. The van der Waals surface area contributed by atoms with Crippen molar-refractivity contribution in [1.82, 2.24) is 14.5 Å². The zero-order valence-corrected chi connectivity index (χ0v) is 17.7. The first-order valence-corrected chi connectivity index (χ1v) is 10.7. The molecule has 0 saturated heterocycles. The lowest BCUT2D eigenvalue weighted by atomic mass is 10.2. The van der Waals surface area contributed by atoms with Gasteiger partial charge in [0.2, 0.25) is 5.91 Å². The van der Waals surface area contributed by atoms with Crippen LogP contribution in [0.1, 0.15) is 16.9 Å². The monoisotopic (exact) mass is 446 g/mol. The Hall–Kier alpha value is -2.98. The minimum absolute atomic E-state index is 0.0648. The Bertz CT molecular complexity index is 1330. The van der Waals surface area contributed by atoms with Crippen molar-refractivity contribution >= 4 is 43.9 Å². The number of aryl methyl sites for hydroxylation is 3. The van der Waals surface area contributed by atoms with Gasteiger partial charge in [0, 0.05) is 28.8 Å². The largest absolute Gasteiger partial charge is 0.302 e. The standard InChI is InChI=1S/C20H16F2N4O2S2/c1-10-11(2)30-18-17(10)19(28)26(9-23-18)6-5-16(27)25-20-24-15(8-29-20)12-3-4-13(21)14(22)7-12/h3-4,7-9H,5-6H2,1-2H3,(H,24,25,27). The molecule has 6 nitrogen and oxygen atoms in total. The smallest absolute Gasteiger partial charge is 0.262 e. The van der Waals surface area contributed by atoms with Gasteiger partial charge in [0.15, 0.2) is 16.8 Å². The lowest BCUT2D eigenvalue weighted by Gasteiger charge is -2.05. The van der Waals surface area contributed by atoms with Gasteiger partial charge in [-0.25, -0.2) is 18.7 Å². The number of aromatic nitrogens is 3. The van der Waals surface area contributed by atoms with E-state index in [9.17, 15) is 18.4 Å². The summed E-state index contributed by atoms with van der Waals surface area (Å²) in [6.45, 7) is 4.02. The SMILES string of the molecule is Cc1sc2ncn(CCC(=O)Nc3nc(-c4ccc(F)c(F)c4)cs3)c(=O)c2c1C. The number of hydrogen-bond donors (Lipinski definition) is 1. The van der Waals surface area contributed by atoms with Gasteiger partial charge in [0.25, 0.3) is 5.56 Å². The Balaban J connectivity index is 1.43. The summed E-state index contributed by atoms with van der Waals surface area (Å²) in [7, 11) is 0. The van der Waals surface area contributed by atoms with Gasteiger partial charge in [-0.1, -0.05) is 0 Å². The van der Waals surface area contributed by atoms with E-state index in [-0.39, 0.29) is 24.4 Å². The predicted molar refractivity (Wildman–Crippen MR) is 114 cm³/mol. The van der Waals surface area contributed by atoms with E-state index in [1.165, 1.54) is 39.6 Å². The van der Waals surface area contributed by atoms with E-state index in [0.717, 1.165) is 22.6 Å². The third-order valence-electron chi connectivity index (χ3n) is 4.70. The van der Waals surface area contributed by atoms with Crippen LogP contribution in [0.5, 0.6) is 0 Å². The Morgan fingerprint density at radius 1 is 1.23 bits per heavy atom. The van der Waals surface area contributed by atoms with Gasteiger partial charge in [-0.05, 0) is 37.6 Å². The Labute approximate surface area is 177 Å². The van der Waals surface area contributed by atoms with Gasteiger partial charge >= 0.3 is 0 Å². The van der Waals surface area contributed by atoms with Crippen molar-refractivity contribution in [3.8, 4) is 11.3 Å². The summed E-state index contributed by atoms with van der Waals surface area (Å²) in [5, 5.41) is 5.24. The zero-order valence-electron chi connectivity index (χ0n) is 16.0. The molecule has 30 heavy (non-hydrogen) atoms. The minimum Gasteiger partial charge on any atom is -0.302 e. The van der Waals surface area contributed by atoms with Crippen molar-refractivity contribution in [3.05, 3.63) is 62.3 Å². The summed E-state index contributed by atoms with van der Waals surface area (Å²) in [5.41, 5.74) is 1.60. The lowest BCUT2D eigenvalue weighted by Crippen LogP contribution is -2.23. The van der Waals surface area contributed by atoms with E-state index in [1.807, 2.05) is 13.8 Å². The molecule has 0 radical (unpaired) electrons. The van der Waals surface area contributed by atoms with Crippen molar-refractivity contribution in [2.75, 3.05) is 5.32 Å². The van der Waals surface area contributed by atoms with Crippen LogP contribution in [-0.2, 0) is 11.3 Å². The van der Waals surface area contributed by atoms with Gasteiger partial charge in [-0.3, -0.25) is 14.2 Å². The summed E-state index contributed by atoms with van der Waals surface area (Å²) in [6.07, 6.45) is 1.52. The van der Waals surface area contributed by atoms with Gasteiger partial charge in [0.05, 0.1) is 17.4 Å². The lowest BCUT2D eigenvalue weighted by molar-refractivity contribution is -0.116. The van der Waals surface area contributed by atoms with Crippen LogP contribution in [0.2, 0.25) is 0 Å². The second-order valence-corrected chi connectivity index (χ2v) is 8.73. The molecule has 1 N–H and O–H groups in total. The fraction of sp³-hybridized carbons (Fsp3) is 0.200. The van der Waals surface area contributed by atoms with Crippen LogP contribution < -0.4 is 10.9 Å². The number of thiophene rings is 1. The molecule has 0 aliphatic heterocycles. The van der Waals surface area contributed by atoms with E-state index in [2.05, 4.69) is 15.3 Å². The highest BCUT2D eigenvalue weighted by Crippen LogP contribution is 2.27. The minimum atomic E-state index is -0.960. The molecule has 0 atom stereocenters. The average Bonchev–Trinajstić information content (AvgIpc) is 3.28. The van der Waals surface area contributed by atoms with E-state index >= 15 is 0 Å². The van der Waals surface area contributed by atoms with Gasteiger partial charge in [0.1, 0.15) is 4.83 Å². The molecule has 4 rings (SSSR count). The Morgan fingerprint density at radius 3 is 2.80 bits per heavy atom. The van der Waals surface area contributed by atoms with Crippen LogP contribution in [0, 0.1) is 25.5 Å². The van der Waals surface area contributed by atoms with Gasteiger partial charge in [-0.15, -0.1) is 22.7 Å². The molecule has 0 saturated carbocycles. The van der Waals surface area contributed by atoms with Crippen LogP contribution in [0.15, 0.2) is 34.7 Å². The second-order valence-electron chi connectivity index (χ2n) is 6.67. The molecule has 3 aromatic heterocycles. The number of hydrogen-bond acceptors (Lipinski definition) is 6. The molecule has 0 spiro atoms. The molecule has 10 heteroatoms. The third-order valence-corrected chi connectivity index (χ3v) is 6.57. The van der Waals surface area contributed by atoms with Crippen molar-refractivity contribution in [2.45, 2.75) is 26.8 Å². The number of rotatable bonds is 5. The number of nitrogens with zero attached hydrogens (tertiary/aromatic N) is 3. The number of nitrogens with one attached hydrogen (secondary N) is 1. The number of halogens is 2. The maximum absolute atomic E-state index is 13.4. The second kappa shape index (κ2) is 8.04. The van der Waals surface area contributed by atoms with Crippen molar-refractivity contribution in [2.24, 2.45) is 0 Å². The molecule has 154 valence electrons. The normalized spacial score (nSPS) is 11.2. The highest BCUT2D eigenvalue weighted by molar-refractivity contribution is 7.18. The summed E-state index contributed by atoms with van der Waals surface area (Å²) >= 11 is 2.65. The van der Waals surface area contributed by atoms with Crippen LogP contribution in [-0.4, -0.2) is 20.4 Å². The summed E-state index contributed by atoms with van der Waals surface area (Å²) in [6, 6.07) is 3.50. The molecule has 0 aliphatic rings. The molecule has 0 bridgehead atoms. The van der Waals surface area contributed by atoms with E-state index in [1.54, 1.807) is 5.38 Å². The summed E-state index contributed by atoms with van der Waals surface area (Å²) in [5.74, 6) is -2.21. The molecule has 1 amide bonds. The number of thiazole rings is 1. The highest BCUT2D eigenvalue weighted by Gasteiger charge is 2.14. The molecule has 3 heterocycles. The van der Waals surface area contributed by atoms with Gasteiger partial charge < -0.3 is 5.32 Å². The maximum atomic E-state index is 13.4. The molecular formula is C20H16F2N4O2S2. The topological polar surface area (TPSA) is 76.9 Å². The summed E-state index contributed by atoms with van der Waals surface area (Å²) in [4.78, 5) is 35.3. The molecule has 1 aromatic carbocycles. The fourth-order valence-corrected chi connectivity index (χ4v) is 4.68. The number of anilines is 1. The molecule has 0 fully saturated rings. The number of amides is 1. The first-order chi connectivity index (χ1) is 14.3. The Morgan fingerprint density at radius 2 is 2.03 bits per heavy atom. The maximum Gasteiger partial charge on any atom is 0.262 e. The van der Waals surface area contributed by atoms with Crippen molar-refractivity contribution < 1.29 is 13.6 Å². The first kappa shape index (κ1) is 20.3. The van der Waals surface area contributed by atoms with Crippen LogP contribution in [0.4, 0.5) is 13.9 Å². The number of fused-ring (bicyclic) bond motifs is 1. The Kier molecular flexibility index (Phi) is 5.44. The number of carbonyl (C=O) groups excluding carboxylic acids is 1. The van der Waals surface area contributed by atoms with Crippen LogP contribution >= 0.6 is 22.7 Å². The molecule has 4 aromatic rings. The first-order valence-electron chi connectivity index (χ1n) is 8.99. The predicted octanol–water partition coefficient (Wildman–Crippen LogP) is 4.51. The van der Waals surface area contributed by atoms with Crippen molar-refractivity contribution in [3.63, 3.8) is 0 Å². The van der Waals surface area contributed by atoms with Crippen LogP contribution in [0.25, 0.3) is 21.5 Å². The van der Waals surface area contributed by atoms with Gasteiger partial charge in [-0.2, -0.15) is 0 Å². The third kappa shape index (κ3) is 3.88. The number of carbonyl (C=O) groups is 1. The average molecular weight is 447 g/mol. The van der Waals surface area contributed by atoms with Crippen LogP contribution in [0.3, 0.4) is 0 Å². The number of benzene rings is 1. The molecule has 0 unspecified atom stereocenters. The van der Waals surface area contributed by atoms with E-state index in [0.29, 0.717) is 26.6 Å².